The zero-order valence-electron chi connectivity index (χ0n) is 18.1. The molecule has 4 rings (SSSR count). The number of amides is 1. The highest BCUT2D eigenvalue weighted by molar-refractivity contribution is 7.99. The average Bonchev–Trinajstić information content (AvgIpc) is 2.81. The Kier molecular flexibility index (Phi) is 7.19. The molecule has 2 aromatic carbocycles. The van der Waals surface area contributed by atoms with Gasteiger partial charge in [0, 0.05) is 47.6 Å². The normalized spacial score (nSPS) is 13.6. The van der Waals surface area contributed by atoms with Gasteiger partial charge in [0.15, 0.2) is 0 Å². The minimum Gasteiger partial charge on any atom is -0.378 e. The number of carbonyl (C=O) groups is 1. The van der Waals surface area contributed by atoms with Crippen molar-refractivity contribution in [3.8, 4) is 0 Å². The van der Waals surface area contributed by atoms with Crippen LogP contribution in [0.1, 0.15) is 18.3 Å². The summed E-state index contributed by atoms with van der Waals surface area (Å²) in [7, 11) is 0. The monoisotopic (exact) mass is 446 g/mol. The van der Waals surface area contributed by atoms with Gasteiger partial charge in [0.2, 0.25) is 0 Å². The van der Waals surface area contributed by atoms with Crippen LogP contribution in [0.5, 0.6) is 0 Å². The van der Waals surface area contributed by atoms with Crippen LogP contribution in [0.3, 0.4) is 0 Å². The van der Waals surface area contributed by atoms with Gasteiger partial charge in [-0.25, -0.2) is 9.97 Å². The van der Waals surface area contributed by atoms with Gasteiger partial charge in [0.05, 0.1) is 13.2 Å². The summed E-state index contributed by atoms with van der Waals surface area (Å²) in [4.78, 5) is 24.3. The third-order valence-corrected chi connectivity index (χ3v) is 6.02. The van der Waals surface area contributed by atoms with Crippen molar-refractivity contribution >= 4 is 29.0 Å². The first-order chi connectivity index (χ1) is 15.6. The molecule has 32 heavy (non-hydrogen) atoms. The van der Waals surface area contributed by atoms with Gasteiger partial charge >= 0.3 is 0 Å². The molecule has 2 heterocycles. The molecule has 3 aromatic rings. The predicted molar refractivity (Wildman–Crippen MR) is 128 cm³/mol. The second kappa shape index (κ2) is 10.4. The van der Waals surface area contributed by atoms with Crippen molar-refractivity contribution < 1.29 is 9.53 Å². The van der Waals surface area contributed by atoms with Crippen molar-refractivity contribution in [1.82, 2.24) is 9.97 Å². The van der Waals surface area contributed by atoms with Gasteiger partial charge in [-0.2, -0.15) is 0 Å². The van der Waals surface area contributed by atoms with Crippen LogP contribution in [0.4, 0.5) is 11.4 Å². The topological polar surface area (TPSA) is 67.4 Å². The van der Waals surface area contributed by atoms with E-state index in [1.807, 2.05) is 30.3 Å². The van der Waals surface area contributed by atoms with E-state index in [-0.39, 0.29) is 5.91 Å². The first-order valence-corrected chi connectivity index (χ1v) is 11.4. The first-order valence-electron chi connectivity index (χ1n) is 10.6. The Morgan fingerprint density at radius 3 is 2.50 bits per heavy atom. The second-order valence-corrected chi connectivity index (χ2v) is 8.71. The molecule has 1 aliphatic heterocycles. The summed E-state index contributed by atoms with van der Waals surface area (Å²) in [6.07, 6.45) is 2.48. The molecule has 0 spiro atoms. The largest absolute Gasteiger partial charge is 0.378 e. The number of hydrogen-bond donors (Lipinski definition) is 1. The molecule has 0 aliphatic carbocycles. The number of aromatic nitrogens is 2. The first kappa shape index (κ1) is 22.0. The lowest BCUT2D eigenvalue weighted by atomic mass is 10.1. The number of rotatable bonds is 7. The molecular weight excluding hydrogens is 420 g/mol. The number of carbonyl (C=O) groups excluding carboxylic acids is 1. The van der Waals surface area contributed by atoms with E-state index in [0.717, 1.165) is 47.7 Å². The number of morpholine rings is 1. The maximum absolute atomic E-state index is 11.7. The van der Waals surface area contributed by atoms with Crippen LogP contribution in [0, 0.1) is 0 Å². The van der Waals surface area contributed by atoms with E-state index in [2.05, 4.69) is 46.0 Å². The smallest absolute Gasteiger partial charge is 0.250 e. The fourth-order valence-corrected chi connectivity index (χ4v) is 4.11. The van der Waals surface area contributed by atoms with Gasteiger partial charge in [0.25, 0.3) is 5.91 Å². The van der Waals surface area contributed by atoms with Crippen molar-refractivity contribution in [2.75, 3.05) is 36.5 Å². The fraction of sp³-hybridized carbons (Fsp3) is 0.240. The summed E-state index contributed by atoms with van der Waals surface area (Å²) >= 11 is 1.57. The lowest BCUT2D eigenvalue weighted by Gasteiger charge is -2.28. The van der Waals surface area contributed by atoms with Crippen molar-refractivity contribution in [2.24, 2.45) is 0 Å². The van der Waals surface area contributed by atoms with Gasteiger partial charge in [-0.3, -0.25) is 4.79 Å². The molecule has 7 heteroatoms. The average molecular weight is 447 g/mol. The van der Waals surface area contributed by atoms with Gasteiger partial charge in [-0.15, -0.1) is 0 Å². The molecule has 1 N–H and O–H groups in total. The van der Waals surface area contributed by atoms with E-state index >= 15 is 0 Å². The molecule has 1 amide bonds. The minimum absolute atomic E-state index is 0.177. The number of benzene rings is 2. The second-order valence-electron chi connectivity index (χ2n) is 7.61. The van der Waals surface area contributed by atoms with E-state index in [0.29, 0.717) is 12.0 Å². The third-order valence-electron chi connectivity index (χ3n) is 5.08. The van der Waals surface area contributed by atoms with Crippen molar-refractivity contribution in [3.05, 3.63) is 84.3 Å². The van der Waals surface area contributed by atoms with Crippen molar-refractivity contribution in [2.45, 2.75) is 23.3 Å². The predicted octanol–water partition coefficient (Wildman–Crippen LogP) is 4.57. The zero-order chi connectivity index (χ0) is 22.3. The quantitative estimate of drug-likeness (QED) is 0.424. The molecule has 1 fully saturated rings. The van der Waals surface area contributed by atoms with E-state index in [4.69, 9.17) is 9.72 Å². The molecule has 164 valence electrons. The van der Waals surface area contributed by atoms with E-state index < -0.39 is 0 Å². The Balaban J connectivity index is 1.37. The SMILES string of the molecule is C=C(C)C(=O)Nc1ccc(Sc2ccnc(Cc3ccc(N4CCOCC4)cc3)n2)cc1. The fourth-order valence-electron chi connectivity index (χ4n) is 3.32. The van der Waals surface area contributed by atoms with Gasteiger partial charge in [0.1, 0.15) is 10.9 Å². The number of nitrogens with zero attached hydrogens (tertiary/aromatic N) is 3. The maximum Gasteiger partial charge on any atom is 0.250 e. The zero-order valence-corrected chi connectivity index (χ0v) is 18.9. The summed E-state index contributed by atoms with van der Waals surface area (Å²) in [5, 5.41) is 3.70. The highest BCUT2D eigenvalue weighted by atomic mass is 32.2. The Hall–Kier alpha value is -3.16. The summed E-state index contributed by atoms with van der Waals surface area (Å²) in [5.74, 6) is 0.614. The molecule has 0 bridgehead atoms. The maximum atomic E-state index is 11.7. The van der Waals surface area contributed by atoms with Crippen molar-refractivity contribution in [1.29, 1.82) is 0 Å². The Bertz CT molecular complexity index is 1080. The van der Waals surface area contributed by atoms with E-state index in [1.165, 1.54) is 11.3 Å². The van der Waals surface area contributed by atoms with Crippen LogP contribution < -0.4 is 10.2 Å². The number of anilines is 2. The van der Waals surface area contributed by atoms with Crippen LogP contribution in [0.15, 0.2) is 82.9 Å². The number of nitrogens with one attached hydrogen (secondary N) is 1. The summed E-state index contributed by atoms with van der Waals surface area (Å²) in [6.45, 7) is 8.77. The molecule has 1 aliphatic rings. The standard InChI is InChI=1S/C25H26N4O2S/c1-18(2)25(30)27-20-5-9-22(10-6-20)32-24-11-12-26-23(28-24)17-19-3-7-21(8-4-19)29-13-15-31-16-14-29/h3-12H,1,13-17H2,2H3,(H,27,30). The summed E-state index contributed by atoms with van der Waals surface area (Å²) < 4.78 is 5.43. The van der Waals surface area contributed by atoms with E-state index in [9.17, 15) is 4.79 Å². The van der Waals surface area contributed by atoms with Gasteiger partial charge in [-0.1, -0.05) is 30.5 Å². The Labute approximate surface area is 192 Å². The van der Waals surface area contributed by atoms with Crippen molar-refractivity contribution in [3.63, 3.8) is 0 Å². The highest BCUT2D eigenvalue weighted by Gasteiger charge is 2.11. The van der Waals surface area contributed by atoms with Crippen LogP contribution >= 0.6 is 11.8 Å². The van der Waals surface area contributed by atoms with Gasteiger partial charge in [-0.05, 0) is 55.0 Å². The Morgan fingerprint density at radius 2 is 1.81 bits per heavy atom. The molecular formula is C25H26N4O2S. The van der Waals surface area contributed by atoms with Crippen LogP contribution in [0.25, 0.3) is 0 Å². The molecule has 0 saturated carbocycles. The van der Waals surface area contributed by atoms with Crippen LogP contribution in [0.2, 0.25) is 0 Å². The molecule has 0 unspecified atom stereocenters. The Morgan fingerprint density at radius 1 is 1.09 bits per heavy atom. The van der Waals surface area contributed by atoms with Crippen LogP contribution in [-0.2, 0) is 16.0 Å². The minimum atomic E-state index is -0.177. The van der Waals surface area contributed by atoms with E-state index in [1.54, 1.807) is 24.9 Å². The summed E-state index contributed by atoms with van der Waals surface area (Å²) in [5.41, 5.74) is 3.63. The van der Waals surface area contributed by atoms with Gasteiger partial charge < -0.3 is 15.0 Å². The van der Waals surface area contributed by atoms with Crippen LogP contribution in [-0.4, -0.2) is 42.2 Å². The lowest BCUT2D eigenvalue weighted by Crippen LogP contribution is -2.36. The number of hydrogen-bond acceptors (Lipinski definition) is 6. The molecule has 0 atom stereocenters. The molecule has 6 nitrogen and oxygen atoms in total. The third kappa shape index (κ3) is 5.96. The highest BCUT2D eigenvalue weighted by Crippen LogP contribution is 2.27. The number of ether oxygens (including phenoxy) is 1. The summed E-state index contributed by atoms with van der Waals surface area (Å²) in [6, 6.07) is 18.2. The lowest BCUT2D eigenvalue weighted by molar-refractivity contribution is -0.112. The molecule has 1 saturated heterocycles. The molecule has 0 radical (unpaired) electrons. The molecule has 1 aromatic heterocycles.